The van der Waals surface area contributed by atoms with Crippen LogP contribution in [-0.4, -0.2) is 23.8 Å². The van der Waals surface area contributed by atoms with E-state index >= 15 is 0 Å². The first kappa shape index (κ1) is 22.3. The van der Waals surface area contributed by atoms with Crippen molar-refractivity contribution in [1.29, 1.82) is 0 Å². The number of rotatable bonds is 9. The van der Waals surface area contributed by atoms with Crippen molar-refractivity contribution in [3.63, 3.8) is 0 Å². The molecule has 0 saturated carbocycles. The lowest BCUT2D eigenvalue weighted by molar-refractivity contribution is -0.118. The lowest BCUT2D eigenvalue weighted by Crippen LogP contribution is -2.30. The number of hydrogen-bond acceptors (Lipinski definition) is 5. The molecule has 0 radical (unpaired) electrons. The number of nitrogens with zero attached hydrogens (tertiary/aromatic N) is 2. The molecule has 0 unspecified atom stereocenters. The van der Waals surface area contributed by atoms with Crippen molar-refractivity contribution in [2.45, 2.75) is 24.3 Å². The fourth-order valence-corrected chi connectivity index (χ4v) is 5.11. The van der Waals surface area contributed by atoms with Gasteiger partial charge in [0.1, 0.15) is 11.6 Å². The van der Waals surface area contributed by atoms with Gasteiger partial charge in [-0.3, -0.25) is 9.69 Å². The van der Waals surface area contributed by atoms with Crippen molar-refractivity contribution < 1.29 is 13.9 Å². The number of carbonyl (C=O) groups excluding carboxylic acids is 1. The van der Waals surface area contributed by atoms with Gasteiger partial charge in [0.2, 0.25) is 5.91 Å². The Morgan fingerprint density at radius 1 is 1.09 bits per heavy atom. The van der Waals surface area contributed by atoms with Crippen molar-refractivity contribution >= 4 is 44.4 Å². The van der Waals surface area contributed by atoms with Crippen LogP contribution in [0.25, 0.3) is 10.2 Å². The van der Waals surface area contributed by atoms with Gasteiger partial charge in [-0.05, 0) is 60.2 Å². The quantitative estimate of drug-likeness (QED) is 0.207. The molecule has 3 aromatic carbocycles. The molecule has 0 atom stereocenters. The van der Waals surface area contributed by atoms with E-state index in [0.717, 1.165) is 33.1 Å². The lowest BCUT2D eigenvalue weighted by atomic mass is 10.2. The topological polar surface area (TPSA) is 42.4 Å². The molecule has 0 saturated heterocycles. The zero-order valence-corrected chi connectivity index (χ0v) is 19.3. The summed E-state index contributed by atoms with van der Waals surface area (Å²) in [5, 5.41) is 0.599. The first-order valence-corrected chi connectivity index (χ1v) is 12.1. The molecule has 0 aliphatic heterocycles. The average molecular weight is 467 g/mol. The summed E-state index contributed by atoms with van der Waals surface area (Å²) in [6, 6.07) is 22.3. The van der Waals surface area contributed by atoms with Crippen LogP contribution in [0.5, 0.6) is 5.75 Å². The molecule has 1 aromatic heterocycles. The van der Waals surface area contributed by atoms with E-state index in [2.05, 4.69) is 4.98 Å². The van der Waals surface area contributed by atoms with E-state index < -0.39 is 0 Å². The Balaban J connectivity index is 1.44. The maximum Gasteiger partial charge on any atom is 0.229 e. The molecule has 0 bridgehead atoms. The van der Waals surface area contributed by atoms with E-state index in [-0.39, 0.29) is 11.7 Å². The molecule has 1 amide bonds. The van der Waals surface area contributed by atoms with Crippen molar-refractivity contribution in [1.82, 2.24) is 4.98 Å². The Hall–Kier alpha value is -2.90. The van der Waals surface area contributed by atoms with Crippen LogP contribution < -0.4 is 9.64 Å². The van der Waals surface area contributed by atoms with Gasteiger partial charge in [-0.2, -0.15) is 0 Å². The number of amides is 1. The van der Waals surface area contributed by atoms with E-state index in [1.807, 2.05) is 54.6 Å². The van der Waals surface area contributed by atoms with Gasteiger partial charge in [0.05, 0.1) is 23.9 Å². The smallest absolute Gasteiger partial charge is 0.229 e. The molecule has 4 nitrogen and oxygen atoms in total. The van der Waals surface area contributed by atoms with E-state index in [9.17, 15) is 9.18 Å². The van der Waals surface area contributed by atoms with Crippen LogP contribution in [0.4, 0.5) is 9.52 Å². The molecule has 7 heteroatoms. The number of carbonyl (C=O) groups is 1. The molecule has 0 spiro atoms. The first-order chi connectivity index (χ1) is 15.6. The summed E-state index contributed by atoms with van der Waals surface area (Å²) in [5.41, 5.74) is 1.73. The monoisotopic (exact) mass is 466 g/mol. The molecular weight excluding hydrogens is 443 g/mol. The van der Waals surface area contributed by atoms with Crippen molar-refractivity contribution in [2.75, 3.05) is 17.8 Å². The van der Waals surface area contributed by atoms with Crippen LogP contribution in [0.1, 0.15) is 18.4 Å². The van der Waals surface area contributed by atoms with Gasteiger partial charge in [-0.25, -0.2) is 9.37 Å². The van der Waals surface area contributed by atoms with Gasteiger partial charge in [-0.15, -0.1) is 11.8 Å². The minimum atomic E-state index is -0.302. The largest absolute Gasteiger partial charge is 0.497 e. The van der Waals surface area contributed by atoms with Crippen molar-refractivity contribution in [3.05, 3.63) is 84.2 Å². The van der Waals surface area contributed by atoms with E-state index in [1.54, 1.807) is 29.8 Å². The second-order valence-electron chi connectivity index (χ2n) is 7.20. The summed E-state index contributed by atoms with van der Waals surface area (Å²) >= 11 is 3.06. The number of fused-ring (bicyclic) bond motifs is 1. The normalized spacial score (nSPS) is 10.9. The Morgan fingerprint density at radius 3 is 2.62 bits per heavy atom. The molecule has 4 rings (SSSR count). The van der Waals surface area contributed by atoms with Crippen molar-refractivity contribution in [2.24, 2.45) is 0 Å². The van der Waals surface area contributed by atoms with Crippen LogP contribution in [0, 0.1) is 5.82 Å². The van der Waals surface area contributed by atoms with Crippen LogP contribution in [0.2, 0.25) is 0 Å². The standard InChI is InChI=1S/C25H23FN2O2S2/c1-30-20-10-12-21(13-11-20)31-15-5-8-24(29)28(17-18-6-3-2-4-7-18)25-27-22-14-9-19(26)16-23(22)32-25/h2-4,6-7,9-14,16H,5,8,15,17H2,1H3. The SMILES string of the molecule is COc1ccc(SCCCC(=O)N(Cc2ccccc2)c2nc3ccc(F)cc3s2)cc1. The fourth-order valence-electron chi connectivity index (χ4n) is 3.25. The molecule has 164 valence electrons. The van der Waals surface area contributed by atoms with Gasteiger partial charge in [-0.1, -0.05) is 41.7 Å². The lowest BCUT2D eigenvalue weighted by Gasteiger charge is -2.20. The zero-order valence-electron chi connectivity index (χ0n) is 17.7. The maximum absolute atomic E-state index is 13.6. The number of thioether (sulfide) groups is 1. The Bertz CT molecular complexity index is 1180. The van der Waals surface area contributed by atoms with Gasteiger partial charge >= 0.3 is 0 Å². The molecule has 1 heterocycles. The number of anilines is 1. The first-order valence-electron chi connectivity index (χ1n) is 10.3. The number of ether oxygens (including phenoxy) is 1. The van der Waals surface area contributed by atoms with E-state index in [4.69, 9.17) is 4.74 Å². The van der Waals surface area contributed by atoms with E-state index in [1.165, 1.54) is 23.5 Å². The number of hydrogen-bond donors (Lipinski definition) is 0. The van der Waals surface area contributed by atoms with Crippen LogP contribution in [-0.2, 0) is 11.3 Å². The second-order valence-corrected chi connectivity index (χ2v) is 9.38. The Kier molecular flexibility index (Phi) is 7.39. The molecule has 4 aromatic rings. The van der Waals surface area contributed by atoms with Gasteiger partial charge in [0.15, 0.2) is 5.13 Å². The minimum Gasteiger partial charge on any atom is -0.497 e. The number of halogens is 1. The summed E-state index contributed by atoms with van der Waals surface area (Å²) in [7, 11) is 1.65. The highest BCUT2D eigenvalue weighted by Gasteiger charge is 2.20. The van der Waals surface area contributed by atoms with Crippen LogP contribution in [0.3, 0.4) is 0 Å². The Labute approximate surface area is 195 Å². The second kappa shape index (κ2) is 10.6. The highest BCUT2D eigenvalue weighted by molar-refractivity contribution is 7.99. The molecular formula is C25H23FN2O2S2. The summed E-state index contributed by atoms with van der Waals surface area (Å²) in [6.07, 6.45) is 1.17. The minimum absolute atomic E-state index is 0.0173. The maximum atomic E-state index is 13.6. The third kappa shape index (κ3) is 5.66. The highest BCUT2D eigenvalue weighted by Crippen LogP contribution is 2.31. The number of thiazole rings is 1. The van der Waals surface area contributed by atoms with Crippen molar-refractivity contribution in [3.8, 4) is 5.75 Å². The van der Waals surface area contributed by atoms with E-state index in [0.29, 0.717) is 23.6 Å². The summed E-state index contributed by atoms with van der Waals surface area (Å²) in [6.45, 7) is 0.438. The number of methoxy groups -OCH3 is 1. The molecule has 0 fully saturated rings. The molecule has 0 N–H and O–H groups in total. The van der Waals surface area contributed by atoms with Gasteiger partial charge < -0.3 is 4.74 Å². The Morgan fingerprint density at radius 2 is 1.88 bits per heavy atom. The molecule has 32 heavy (non-hydrogen) atoms. The van der Waals surface area contributed by atoms with Gasteiger partial charge in [0.25, 0.3) is 0 Å². The third-order valence-corrected chi connectivity index (χ3v) is 7.06. The summed E-state index contributed by atoms with van der Waals surface area (Å²) in [4.78, 5) is 20.6. The fraction of sp³-hybridized carbons (Fsp3) is 0.200. The third-order valence-electron chi connectivity index (χ3n) is 4.92. The summed E-state index contributed by atoms with van der Waals surface area (Å²) in [5.74, 6) is 1.38. The molecule has 0 aliphatic rings. The van der Waals surface area contributed by atoms with Crippen LogP contribution >= 0.6 is 23.1 Å². The number of benzene rings is 3. The summed E-state index contributed by atoms with van der Waals surface area (Å²) < 4.78 is 19.6. The highest BCUT2D eigenvalue weighted by atomic mass is 32.2. The average Bonchev–Trinajstić information content (AvgIpc) is 3.24. The number of aromatic nitrogens is 1. The molecule has 0 aliphatic carbocycles. The zero-order chi connectivity index (χ0) is 22.3. The predicted octanol–water partition coefficient (Wildman–Crippen LogP) is 6.55. The predicted molar refractivity (Wildman–Crippen MR) is 130 cm³/mol. The van der Waals surface area contributed by atoms with Crippen LogP contribution in [0.15, 0.2) is 77.7 Å². The van der Waals surface area contributed by atoms with Gasteiger partial charge in [0, 0.05) is 11.3 Å².